The van der Waals surface area contributed by atoms with Gasteiger partial charge in [0.05, 0.1) is 11.6 Å². The molecule has 1 aliphatic rings. The average molecular weight is 343 g/mol. The number of halogens is 1. The van der Waals surface area contributed by atoms with Crippen molar-refractivity contribution in [3.05, 3.63) is 40.0 Å². The largest absolute Gasteiger partial charge is 0.492 e. The van der Waals surface area contributed by atoms with Gasteiger partial charge in [0, 0.05) is 30.8 Å². The highest BCUT2D eigenvalue weighted by molar-refractivity contribution is 6.32. The first-order valence-electron chi connectivity index (χ1n) is 8.00. The molecular weight excluding hydrogens is 324 g/mol. The number of aromatic nitrogens is 1. The molecule has 5 nitrogen and oxygen atoms in total. The highest BCUT2D eigenvalue weighted by Crippen LogP contribution is 2.37. The van der Waals surface area contributed by atoms with Crippen molar-refractivity contribution in [3.8, 4) is 22.9 Å². The predicted molar refractivity (Wildman–Crippen MR) is 95.0 cm³/mol. The molecule has 1 aromatic carbocycles. The molecule has 0 atom stereocenters. The molecule has 0 fully saturated rings. The molecule has 0 unspecified atom stereocenters. The minimum Gasteiger partial charge on any atom is -0.492 e. The number of pyridine rings is 1. The molecule has 2 aromatic rings. The second kappa shape index (κ2) is 7.08. The Hall–Kier alpha value is -2.29. The fourth-order valence-corrected chi connectivity index (χ4v) is 3.16. The highest BCUT2D eigenvalue weighted by Gasteiger charge is 2.22. The van der Waals surface area contributed by atoms with Gasteiger partial charge >= 0.3 is 0 Å². The van der Waals surface area contributed by atoms with E-state index in [4.69, 9.17) is 22.1 Å². The summed E-state index contributed by atoms with van der Waals surface area (Å²) in [6.45, 7) is 4.18. The maximum absolute atomic E-state index is 9.55. The third-order valence-electron chi connectivity index (χ3n) is 4.05. The van der Waals surface area contributed by atoms with E-state index in [2.05, 4.69) is 16.4 Å². The van der Waals surface area contributed by atoms with Crippen LogP contribution in [0.25, 0.3) is 11.1 Å². The Balaban J connectivity index is 2.13. The number of hydrogen-bond acceptors (Lipinski definition) is 5. The molecule has 2 heterocycles. The maximum Gasteiger partial charge on any atom is 0.142 e. The van der Waals surface area contributed by atoms with Crippen molar-refractivity contribution >= 4 is 17.4 Å². The number of nitriles is 1. The first-order valence-corrected chi connectivity index (χ1v) is 8.38. The molecule has 1 aliphatic heterocycles. The standard InChI is InChI=1S/C18H19ClN4O/c1-2-7-24-16-4-3-11(8-14(16)19)17-12(9-20)18(21)23-15-5-6-22-10-13(15)17/h3-4,8,22H,2,5-7,10H2,1H3,(H2,21,23). The molecule has 3 N–H and O–H groups in total. The SMILES string of the molecule is CCCOc1ccc(-c2c(C#N)c(N)nc3c2CNCC3)cc1Cl. The third kappa shape index (κ3) is 3.03. The lowest BCUT2D eigenvalue weighted by Gasteiger charge is -2.22. The fourth-order valence-electron chi connectivity index (χ4n) is 2.93. The van der Waals surface area contributed by atoms with Crippen LogP contribution in [0.1, 0.15) is 30.2 Å². The monoisotopic (exact) mass is 342 g/mol. The topological polar surface area (TPSA) is 84.0 Å². The summed E-state index contributed by atoms with van der Waals surface area (Å²) in [6, 6.07) is 7.78. The summed E-state index contributed by atoms with van der Waals surface area (Å²) < 4.78 is 5.62. The van der Waals surface area contributed by atoms with Gasteiger partial charge in [-0.1, -0.05) is 24.6 Å². The van der Waals surface area contributed by atoms with Crippen molar-refractivity contribution in [1.82, 2.24) is 10.3 Å². The molecule has 3 rings (SSSR count). The molecule has 0 bridgehead atoms. The average Bonchev–Trinajstić information content (AvgIpc) is 2.59. The number of benzene rings is 1. The van der Waals surface area contributed by atoms with Gasteiger partial charge in [-0.05, 0) is 29.7 Å². The van der Waals surface area contributed by atoms with E-state index in [1.54, 1.807) is 0 Å². The second-order valence-electron chi connectivity index (χ2n) is 5.70. The Bertz CT molecular complexity index is 814. The second-order valence-corrected chi connectivity index (χ2v) is 6.11. The first-order chi connectivity index (χ1) is 11.7. The Labute approximate surface area is 146 Å². The molecule has 0 amide bonds. The van der Waals surface area contributed by atoms with E-state index in [0.29, 0.717) is 29.5 Å². The number of nitrogen functional groups attached to an aromatic ring is 1. The van der Waals surface area contributed by atoms with E-state index in [9.17, 15) is 5.26 Å². The van der Waals surface area contributed by atoms with Gasteiger partial charge in [-0.3, -0.25) is 0 Å². The van der Waals surface area contributed by atoms with Crippen LogP contribution in [0, 0.1) is 11.3 Å². The Morgan fingerprint density at radius 2 is 2.29 bits per heavy atom. The summed E-state index contributed by atoms with van der Waals surface area (Å²) in [6.07, 6.45) is 1.71. The number of fused-ring (bicyclic) bond motifs is 1. The lowest BCUT2D eigenvalue weighted by Crippen LogP contribution is -2.26. The lowest BCUT2D eigenvalue weighted by atomic mass is 9.91. The summed E-state index contributed by atoms with van der Waals surface area (Å²) in [7, 11) is 0. The third-order valence-corrected chi connectivity index (χ3v) is 4.34. The Kier molecular flexibility index (Phi) is 4.89. The maximum atomic E-state index is 9.55. The number of anilines is 1. The molecular formula is C18H19ClN4O. The van der Waals surface area contributed by atoms with Gasteiger partial charge in [0.25, 0.3) is 0 Å². The normalized spacial score (nSPS) is 13.2. The smallest absolute Gasteiger partial charge is 0.142 e. The lowest BCUT2D eigenvalue weighted by molar-refractivity contribution is 0.317. The van der Waals surface area contributed by atoms with E-state index < -0.39 is 0 Å². The van der Waals surface area contributed by atoms with Crippen molar-refractivity contribution < 1.29 is 4.74 Å². The van der Waals surface area contributed by atoms with Gasteiger partial charge in [0.15, 0.2) is 0 Å². The number of nitrogens with zero attached hydrogens (tertiary/aromatic N) is 2. The van der Waals surface area contributed by atoms with Crippen molar-refractivity contribution in [2.75, 3.05) is 18.9 Å². The minimum absolute atomic E-state index is 0.274. The van der Waals surface area contributed by atoms with Crippen LogP contribution in [-0.2, 0) is 13.0 Å². The number of ether oxygens (including phenoxy) is 1. The van der Waals surface area contributed by atoms with Gasteiger partial charge in [0.2, 0.25) is 0 Å². The van der Waals surface area contributed by atoms with E-state index in [0.717, 1.165) is 41.8 Å². The Morgan fingerprint density at radius 1 is 1.46 bits per heavy atom. The van der Waals surface area contributed by atoms with Crippen molar-refractivity contribution in [1.29, 1.82) is 5.26 Å². The van der Waals surface area contributed by atoms with Crippen LogP contribution in [0.15, 0.2) is 18.2 Å². The summed E-state index contributed by atoms with van der Waals surface area (Å²) in [4.78, 5) is 4.41. The summed E-state index contributed by atoms with van der Waals surface area (Å²) in [5.74, 6) is 0.922. The van der Waals surface area contributed by atoms with Gasteiger partial charge in [0.1, 0.15) is 23.2 Å². The Morgan fingerprint density at radius 3 is 3.00 bits per heavy atom. The van der Waals surface area contributed by atoms with Crippen molar-refractivity contribution in [2.24, 2.45) is 0 Å². The molecule has 124 valence electrons. The van der Waals surface area contributed by atoms with Crippen LogP contribution in [0.3, 0.4) is 0 Å². The molecule has 0 spiro atoms. The summed E-state index contributed by atoms with van der Waals surface area (Å²) in [5.41, 5.74) is 10.1. The molecule has 0 saturated carbocycles. The van der Waals surface area contributed by atoms with Crippen molar-refractivity contribution in [3.63, 3.8) is 0 Å². The zero-order chi connectivity index (χ0) is 17.1. The van der Waals surface area contributed by atoms with Gasteiger partial charge in [-0.15, -0.1) is 0 Å². The van der Waals surface area contributed by atoms with Gasteiger partial charge in [-0.25, -0.2) is 4.98 Å². The van der Waals surface area contributed by atoms with Crippen molar-refractivity contribution in [2.45, 2.75) is 26.3 Å². The number of nitrogens with two attached hydrogens (primary N) is 1. The van der Waals surface area contributed by atoms with Crippen LogP contribution in [-0.4, -0.2) is 18.1 Å². The van der Waals surface area contributed by atoms with E-state index >= 15 is 0 Å². The molecule has 24 heavy (non-hydrogen) atoms. The number of nitrogens with one attached hydrogen (secondary N) is 1. The van der Waals surface area contributed by atoms with Crippen LogP contribution in [0.2, 0.25) is 5.02 Å². The molecule has 1 aromatic heterocycles. The van der Waals surface area contributed by atoms with E-state index in [1.165, 1.54) is 0 Å². The van der Waals surface area contributed by atoms with Crippen LogP contribution < -0.4 is 15.8 Å². The summed E-state index contributed by atoms with van der Waals surface area (Å²) >= 11 is 6.36. The predicted octanol–water partition coefficient (Wildman–Crippen LogP) is 3.29. The molecule has 0 radical (unpaired) electrons. The summed E-state index contributed by atoms with van der Waals surface area (Å²) in [5, 5.41) is 13.4. The van der Waals surface area contributed by atoms with Crippen LogP contribution >= 0.6 is 11.6 Å². The molecule has 0 saturated heterocycles. The van der Waals surface area contributed by atoms with Gasteiger partial charge < -0.3 is 15.8 Å². The first kappa shape index (κ1) is 16.6. The van der Waals surface area contributed by atoms with Crippen LogP contribution in [0.5, 0.6) is 5.75 Å². The van der Waals surface area contributed by atoms with Gasteiger partial charge in [-0.2, -0.15) is 5.26 Å². The zero-order valence-corrected chi connectivity index (χ0v) is 14.3. The van der Waals surface area contributed by atoms with Crippen LogP contribution in [0.4, 0.5) is 5.82 Å². The molecule has 0 aliphatic carbocycles. The zero-order valence-electron chi connectivity index (χ0n) is 13.5. The quantitative estimate of drug-likeness (QED) is 0.890. The number of rotatable bonds is 4. The number of hydrogen-bond donors (Lipinski definition) is 2. The minimum atomic E-state index is 0.274. The van der Waals surface area contributed by atoms with E-state index in [-0.39, 0.29) is 5.82 Å². The van der Waals surface area contributed by atoms with E-state index in [1.807, 2.05) is 25.1 Å². The highest BCUT2D eigenvalue weighted by atomic mass is 35.5. The fraction of sp³-hybridized carbons (Fsp3) is 0.333. The molecule has 6 heteroatoms.